The summed E-state index contributed by atoms with van der Waals surface area (Å²) < 4.78 is 17.7. The number of carbonyl (C=O) groups excluding carboxylic acids is 3. The van der Waals surface area contributed by atoms with Crippen LogP contribution in [-0.2, 0) is 23.9 Å². The minimum Gasteiger partial charge on any atom is -0.414 e. The number of morpholine rings is 1. The Labute approximate surface area is 242 Å². The smallest absolute Gasteiger partial charge is 0.310 e. The Bertz CT molecular complexity index is 1480. The first-order valence-electron chi connectivity index (χ1n) is 13.8. The van der Waals surface area contributed by atoms with Crippen LogP contribution in [0.2, 0.25) is 0 Å². The second-order valence-corrected chi connectivity index (χ2v) is 10.1. The van der Waals surface area contributed by atoms with E-state index in [1.54, 1.807) is 6.07 Å². The molecule has 42 heavy (non-hydrogen) atoms. The summed E-state index contributed by atoms with van der Waals surface area (Å²) in [5.74, 6) is -0.701. The van der Waals surface area contributed by atoms with Gasteiger partial charge in [0.15, 0.2) is 17.0 Å². The number of quaternary nitrogens is 1. The van der Waals surface area contributed by atoms with Crippen molar-refractivity contribution in [3.63, 3.8) is 0 Å². The molecule has 0 saturated carbocycles. The zero-order chi connectivity index (χ0) is 30.0. The van der Waals surface area contributed by atoms with Gasteiger partial charge in [-0.25, -0.2) is 4.48 Å². The van der Waals surface area contributed by atoms with Crippen molar-refractivity contribution in [3.8, 4) is 11.1 Å². The highest BCUT2D eigenvalue weighted by molar-refractivity contribution is 5.92. The van der Waals surface area contributed by atoms with Crippen molar-refractivity contribution in [2.45, 2.75) is 31.7 Å². The normalized spacial score (nSPS) is 15.0. The number of aliphatic imine (C=N–C) groups is 1. The number of amides is 1. The molecule has 1 aromatic heterocycles. The lowest BCUT2D eigenvalue weighted by Gasteiger charge is -2.37. The number of para-hydroxylation sites is 1. The summed E-state index contributed by atoms with van der Waals surface area (Å²) in [5.41, 5.74) is 12.5. The summed E-state index contributed by atoms with van der Waals surface area (Å²) in [6, 6.07) is 15.8. The Morgan fingerprint density at radius 1 is 1.07 bits per heavy atom. The van der Waals surface area contributed by atoms with Crippen LogP contribution in [0.15, 0.2) is 68.8 Å². The molecule has 4 rings (SSSR count). The van der Waals surface area contributed by atoms with Crippen LogP contribution < -0.4 is 26.7 Å². The third-order valence-corrected chi connectivity index (χ3v) is 7.13. The molecule has 12 nitrogen and oxygen atoms in total. The fourth-order valence-corrected chi connectivity index (χ4v) is 4.81. The maximum atomic E-state index is 13.2. The minimum atomic E-state index is -0.707. The minimum absolute atomic E-state index is 0.0407. The molecule has 0 aliphatic carbocycles. The standard InChI is InChI=1S/C30H35N5O7/c31-30(32)33-13-5-8-22(19-36)34-26(38)11-12-28(39)41-20-35(14-16-40-17-15-35)27-18-25(37)24-10-4-9-23(29(24)42-27)21-6-2-1-3-7-21/h1-4,6-7,9-10,18-19,22H,5,8,11-17,20H2,(H4-,31,32,33,34,38)/p+1/t22-/m0/s1. The number of rotatable bonds is 13. The molecular formula is C30H36N5O7+. The molecule has 1 atom stereocenters. The maximum absolute atomic E-state index is 13.2. The van der Waals surface area contributed by atoms with Gasteiger partial charge in [-0.3, -0.25) is 19.4 Å². The van der Waals surface area contributed by atoms with Gasteiger partial charge in [0.05, 0.1) is 37.1 Å². The van der Waals surface area contributed by atoms with E-state index in [0.717, 1.165) is 11.1 Å². The van der Waals surface area contributed by atoms with Gasteiger partial charge in [0.1, 0.15) is 19.4 Å². The van der Waals surface area contributed by atoms with Crippen LogP contribution in [0.5, 0.6) is 0 Å². The van der Waals surface area contributed by atoms with Gasteiger partial charge in [-0.1, -0.05) is 42.5 Å². The summed E-state index contributed by atoms with van der Waals surface area (Å²) in [4.78, 5) is 53.4. The van der Waals surface area contributed by atoms with Gasteiger partial charge in [-0.05, 0) is 24.5 Å². The summed E-state index contributed by atoms with van der Waals surface area (Å²) >= 11 is 0. The zero-order valence-electron chi connectivity index (χ0n) is 23.3. The number of nitrogens with one attached hydrogen (secondary N) is 1. The molecule has 0 radical (unpaired) electrons. The van der Waals surface area contributed by atoms with Crippen LogP contribution in [0.4, 0.5) is 5.88 Å². The van der Waals surface area contributed by atoms with Gasteiger partial charge in [0.25, 0.3) is 0 Å². The largest absolute Gasteiger partial charge is 0.414 e. The summed E-state index contributed by atoms with van der Waals surface area (Å²) in [6.07, 6.45) is 1.18. The average molecular weight is 579 g/mol. The summed E-state index contributed by atoms with van der Waals surface area (Å²) in [7, 11) is 0. The van der Waals surface area contributed by atoms with Gasteiger partial charge >= 0.3 is 11.9 Å². The Morgan fingerprint density at radius 2 is 1.83 bits per heavy atom. The number of nitrogens with two attached hydrogens (primary N) is 2. The van der Waals surface area contributed by atoms with Gasteiger partial charge in [-0.2, -0.15) is 0 Å². The number of guanidine groups is 1. The second-order valence-electron chi connectivity index (χ2n) is 10.1. The van der Waals surface area contributed by atoms with E-state index in [1.165, 1.54) is 6.07 Å². The van der Waals surface area contributed by atoms with Gasteiger partial charge < -0.3 is 35.5 Å². The lowest BCUT2D eigenvalue weighted by atomic mass is 10.0. The third kappa shape index (κ3) is 7.80. The van der Waals surface area contributed by atoms with E-state index in [-0.39, 0.29) is 35.4 Å². The summed E-state index contributed by atoms with van der Waals surface area (Å²) in [5, 5.41) is 3.05. The average Bonchev–Trinajstić information content (AvgIpc) is 3.01. The Hall–Kier alpha value is -4.55. The summed E-state index contributed by atoms with van der Waals surface area (Å²) in [6.45, 7) is 1.88. The van der Waals surface area contributed by atoms with Crippen LogP contribution in [0.1, 0.15) is 25.7 Å². The molecule has 0 spiro atoms. The Balaban J connectivity index is 1.43. The quantitative estimate of drug-likeness (QED) is 0.0682. The molecular weight excluding hydrogens is 542 g/mol. The molecule has 3 aromatic rings. The fourth-order valence-electron chi connectivity index (χ4n) is 4.81. The van der Waals surface area contributed by atoms with Crippen LogP contribution in [0.25, 0.3) is 22.1 Å². The van der Waals surface area contributed by atoms with Crippen molar-refractivity contribution < 1.29 is 28.3 Å². The molecule has 222 valence electrons. The van der Waals surface area contributed by atoms with E-state index < -0.39 is 17.9 Å². The SMILES string of the molecule is NC(N)=NCCC[C@@H](C=O)NC(=O)CCC(=O)OC[N+]1(c2cc(=O)c3cccc(-c4ccccc4)c3o2)CCOCC1. The monoisotopic (exact) mass is 578 g/mol. The van der Waals surface area contributed by atoms with E-state index in [9.17, 15) is 19.2 Å². The molecule has 5 N–H and O–H groups in total. The van der Waals surface area contributed by atoms with Crippen LogP contribution in [0.3, 0.4) is 0 Å². The second kappa shape index (κ2) is 14.4. The molecule has 1 aliphatic rings. The number of aldehydes is 1. The van der Waals surface area contributed by atoms with Gasteiger partial charge in [0, 0.05) is 18.5 Å². The third-order valence-electron chi connectivity index (χ3n) is 7.13. The Morgan fingerprint density at radius 3 is 2.55 bits per heavy atom. The highest BCUT2D eigenvalue weighted by Crippen LogP contribution is 2.32. The Kier molecular flexibility index (Phi) is 10.4. The fraction of sp³-hybridized carbons (Fsp3) is 0.367. The van der Waals surface area contributed by atoms with Crippen molar-refractivity contribution >= 4 is 41.0 Å². The van der Waals surface area contributed by atoms with E-state index in [4.69, 9.17) is 25.4 Å². The first-order chi connectivity index (χ1) is 20.3. The maximum Gasteiger partial charge on any atom is 0.310 e. The van der Waals surface area contributed by atoms with Crippen molar-refractivity contribution in [1.82, 2.24) is 9.80 Å². The number of esters is 1. The van der Waals surface area contributed by atoms with E-state index in [2.05, 4.69) is 10.3 Å². The predicted octanol–water partition coefficient (Wildman–Crippen LogP) is 1.82. The molecule has 2 aromatic carbocycles. The first-order valence-corrected chi connectivity index (χ1v) is 13.8. The number of hydrogen-bond acceptors (Lipinski definition) is 8. The van der Waals surface area contributed by atoms with Crippen molar-refractivity contribution in [3.05, 3.63) is 64.8 Å². The molecule has 0 bridgehead atoms. The number of ether oxygens (including phenoxy) is 2. The topological polar surface area (TPSA) is 176 Å². The number of fused-ring (bicyclic) bond motifs is 1. The molecule has 1 amide bonds. The van der Waals surface area contributed by atoms with E-state index in [0.29, 0.717) is 68.8 Å². The first kappa shape index (κ1) is 30.4. The van der Waals surface area contributed by atoms with Crippen LogP contribution in [0, 0.1) is 0 Å². The molecule has 1 saturated heterocycles. The zero-order valence-corrected chi connectivity index (χ0v) is 23.3. The molecule has 12 heteroatoms. The van der Waals surface area contributed by atoms with E-state index >= 15 is 0 Å². The molecule has 1 fully saturated rings. The molecule has 2 heterocycles. The van der Waals surface area contributed by atoms with Gasteiger partial charge in [-0.15, -0.1) is 0 Å². The molecule has 0 unspecified atom stereocenters. The van der Waals surface area contributed by atoms with Crippen molar-refractivity contribution in [2.75, 3.05) is 39.6 Å². The van der Waals surface area contributed by atoms with Crippen molar-refractivity contribution in [2.24, 2.45) is 16.5 Å². The van der Waals surface area contributed by atoms with Crippen molar-refractivity contribution in [1.29, 1.82) is 0 Å². The lowest BCUT2D eigenvalue weighted by Crippen LogP contribution is -2.58. The van der Waals surface area contributed by atoms with Gasteiger partial charge in [0.2, 0.25) is 12.6 Å². The highest BCUT2D eigenvalue weighted by atomic mass is 16.6. The number of benzene rings is 2. The lowest BCUT2D eigenvalue weighted by molar-refractivity contribution is -0.151. The number of nitrogens with zero attached hydrogens (tertiary/aromatic N) is 2. The van der Waals surface area contributed by atoms with Crippen LogP contribution in [-0.4, -0.2) is 69.7 Å². The highest BCUT2D eigenvalue weighted by Gasteiger charge is 2.38. The number of carbonyl (C=O) groups is 3. The molecule has 1 aliphatic heterocycles. The van der Waals surface area contributed by atoms with Crippen LogP contribution >= 0.6 is 0 Å². The number of hydrogen-bond donors (Lipinski definition) is 3. The predicted molar refractivity (Wildman–Crippen MR) is 158 cm³/mol. The van der Waals surface area contributed by atoms with E-state index in [1.807, 2.05) is 42.5 Å².